The van der Waals surface area contributed by atoms with Crippen LogP contribution >= 0.6 is 23.1 Å². The van der Waals surface area contributed by atoms with Gasteiger partial charge in [0.2, 0.25) is 0 Å². The van der Waals surface area contributed by atoms with Gasteiger partial charge in [-0.1, -0.05) is 42.1 Å². The number of aromatic amines is 1. The molecule has 0 radical (unpaired) electrons. The minimum Gasteiger partial charge on any atom is -0.481 e. The molecule has 0 fully saturated rings. The lowest BCUT2D eigenvalue weighted by Gasteiger charge is -2.17. The Kier molecular flexibility index (Phi) is 4.71. The fourth-order valence-electron chi connectivity index (χ4n) is 2.43. The molecule has 0 aliphatic carbocycles. The van der Waals surface area contributed by atoms with Gasteiger partial charge < -0.3 is 10.1 Å². The number of nitrogens with zero attached hydrogens (tertiary/aromatic N) is 1. The SMILES string of the molecule is Cc1sc2nc(SCC(C)(C)C(=O)O)[nH]c(=O)c2c1-c1ccccc1. The van der Waals surface area contributed by atoms with Gasteiger partial charge in [-0.3, -0.25) is 9.59 Å². The van der Waals surface area contributed by atoms with Crippen LogP contribution in [0.1, 0.15) is 18.7 Å². The van der Waals surface area contributed by atoms with Crippen molar-refractivity contribution in [2.75, 3.05) is 5.75 Å². The maximum absolute atomic E-state index is 12.6. The second-order valence-electron chi connectivity index (χ2n) is 6.43. The van der Waals surface area contributed by atoms with Gasteiger partial charge in [0, 0.05) is 16.2 Å². The normalized spacial score (nSPS) is 11.8. The Balaban J connectivity index is 2.02. The third-order valence-electron chi connectivity index (χ3n) is 3.93. The Labute approximate surface area is 153 Å². The molecule has 3 rings (SSSR count). The van der Waals surface area contributed by atoms with E-state index in [0.29, 0.717) is 21.1 Å². The maximum atomic E-state index is 12.6. The minimum atomic E-state index is -0.890. The number of aryl methyl sites for hydroxylation is 1. The first-order chi connectivity index (χ1) is 11.8. The van der Waals surface area contributed by atoms with Crippen molar-refractivity contribution in [1.82, 2.24) is 9.97 Å². The summed E-state index contributed by atoms with van der Waals surface area (Å²) in [4.78, 5) is 32.9. The Morgan fingerprint density at radius 2 is 2.00 bits per heavy atom. The number of nitrogens with one attached hydrogen (secondary N) is 1. The predicted molar refractivity (Wildman–Crippen MR) is 103 cm³/mol. The van der Waals surface area contributed by atoms with Crippen LogP contribution in [-0.2, 0) is 4.79 Å². The molecule has 0 amide bonds. The van der Waals surface area contributed by atoms with Crippen LogP contribution in [0.25, 0.3) is 21.3 Å². The number of rotatable bonds is 5. The van der Waals surface area contributed by atoms with Gasteiger partial charge in [-0.2, -0.15) is 0 Å². The summed E-state index contributed by atoms with van der Waals surface area (Å²) in [5.41, 5.74) is 0.824. The summed E-state index contributed by atoms with van der Waals surface area (Å²) in [5, 5.41) is 10.3. The van der Waals surface area contributed by atoms with E-state index in [1.807, 2.05) is 37.3 Å². The standard InChI is InChI=1S/C18H18N2O3S2/c1-10-12(11-7-5-4-6-8-11)13-14(21)19-17(20-15(13)25-10)24-9-18(2,3)16(22)23/h4-8H,9H2,1-3H3,(H,22,23)(H,19,20,21). The van der Waals surface area contributed by atoms with Gasteiger partial charge in [-0.25, -0.2) is 4.98 Å². The third kappa shape index (κ3) is 3.48. The molecule has 3 aromatic rings. The Bertz CT molecular complexity index is 991. The summed E-state index contributed by atoms with van der Waals surface area (Å²) >= 11 is 2.74. The second-order valence-corrected chi connectivity index (χ2v) is 8.60. The van der Waals surface area contributed by atoms with Crippen molar-refractivity contribution in [1.29, 1.82) is 0 Å². The summed E-state index contributed by atoms with van der Waals surface area (Å²) in [6.07, 6.45) is 0. The van der Waals surface area contributed by atoms with Crippen LogP contribution in [0.5, 0.6) is 0 Å². The average Bonchev–Trinajstić information content (AvgIpc) is 2.90. The van der Waals surface area contributed by atoms with Crippen molar-refractivity contribution in [3.8, 4) is 11.1 Å². The van der Waals surface area contributed by atoms with Crippen molar-refractivity contribution in [2.24, 2.45) is 5.41 Å². The van der Waals surface area contributed by atoms with Crippen LogP contribution in [0.2, 0.25) is 0 Å². The van der Waals surface area contributed by atoms with Crippen molar-refractivity contribution in [3.05, 3.63) is 45.6 Å². The number of benzene rings is 1. The Morgan fingerprint density at radius 3 is 2.64 bits per heavy atom. The molecule has 0 aliphatic heterocycles. The summed E-state index contributed by atoms with van der Waals surface area (Å²) in [7, 11) is 0. The van der Waals surface area contributed by atoms with Gasteiger partial charge >= 0.3 is 5.97 Å². The number of carbonyl (C=O) groups is 1. The number of hydrogen-bond acceptors (Lipinski definition) is 5. The van der Waals surface area contributed by atoms with E-state index in [2.05, 4.69) is 9.97 Å². The second kappa shape index (κ2) is 6.65. The topological polar surface area (TPSA) is 83.0 Å². The van der Waals surface area contributed by atoms with Crippen molar-refractivity contribution in [2.45, 2.75) is 25.9 Å². The first-order valence-corrected chi connectivity index (χ1v) is 9.55. The number of fused-ring (bicyclic) bond motifs is 1. The van der Waals surface area contributed by atoms with E-state index in [0.717, 1.165) is 16.0 Å². The summed E-state index contributed by atoms with van der Waals surface area (Å²) < 4.78 is 0. The fourth-order valence-corrected chi connectivity index (χ4v) is 4.48. The number of H-pyrrole nitrogens is 1. The van der Waals surface area contributed by atoms with Gasteiger partial charge in [-0.15, -0.1) is 11.3 Å². The molecular weight excluding hydrogens is 356 g/mol. The van der Waals surface area contributed by atoms with E-state index in [-0.39, 0.29) is 5.56 Å². The van der Waals surface area contributed by atoms with Crippen LogP contribution in [0.4, 0.5) is 0 Å². The number of carboxylic acids is 1. The number of aromatic nitrogens is 2. The third-order valence-corrected chi connectivity index (χ3v) is 6.26. The predicted octanol–water partition coefficient (Wildman–Crippen LogP) is 4.16. The molecule has 0 spiro atoms. The molecule has 130 valence electrons. The molecule has 0 saturated heterocycles. The quantitative estimate of drug-likeness (QED) is 0.517. The lowest BCUT2D eigenvalue weighted by atomic mass is 9.97. The zero-order chi connectivity index (χ0) is 18.2. The van der Waals surface area contributed by atoms with Crippen LogP contribution in [0, 0.1) is 12.3 Å². The van der Waals surface area contributed by atoms with E-state index < -0.39 is 11.4 Å². The number of aliphatic carboxylic acids is 1. The highest BCUT2D eigenvalue weighted by molar-refractivity contribution is 7.99. The molecule has 2 N–H and O–H groups in total. The summed E-state index contributed by atoms with van der Waals surface area (Å²) in [5.74, 6) is -0.547. The van der Waals surface area contributed by atoms with Crippen molar-refractivity contribution < 1.29 is 9.90 Å². The molecule has 2 aromatic heterocycles. The van der Waals surface area contributed by atoms with Crippen molar-refractivity contribution >= 4 is 39.3 Å². The number of thioether (sulfide) groups is 1. The highest BCUT2D eigenvalue weighted by Gasteiger charge is 2.28. The minimum absolute atomic E-state index is 0.191. The van der Waals surface area contributed by atoms with E-state index in [9.17, 15) is 14.7 Å². The largest absolute Gasteiger partial charge is 0.481 e. The molecular formula is C18H18N2O3S2. The molecule has 1 aromatic carbocycles. The first-order valence-electron chi connectivity index (χ1n) is 7.74. The van der Waals surface area contributed by atoms with Gasteiger partial charge in [-0.05, 0) is 26.3 Å². The molecule has 2 heterocycles. The Hall–Kier alpha value is -2.12. The lowest BCUT2D eigenvalue weighted by Crippen LogP contribution is -2.26. The average molecular weight is 374 g/mol. The molecule has 5 nitrogen and oxygen atoms in total. The van der Waals surface area contributed by atoms with E-state index >= 15 is 0 Å². The first kappa shape index (κ1) is 17.7. The molecule has 0 atom stereocenters. The van der Waals surface area contributed by atoms with Gasteiger partial charge in [0.1, 0.15) is 4.83 Å². The van der Waals surface area contributed by atoms with E-state index in [1.165, 1.54) is 23.1 Å². The highest BCUT2D eigenvalue weighted by Crippen LogP contribution is 2.36. The van der Waals surface area contributed by atoms with Crippen LogP contribution < -0.4 is 5.56 Å². The number of carboxylic acid groups (broad SMARTS) is 1. The molecule has 7 heteroatoms. The highest BCUT2D eigenvalue weighted by atomic mass is 32.2. The van der Waals surface area contributed by atoms with Gasteiger partial charge in [0.25, 0.3) is 5.56 Å². The summed E-state index contributed by atoms with van der Waals surface area (Å²) in [6, 6.07) is 9.78. The zero-order valence-corrected chi connectivity index (χ0v) is 15.8. The lowest BCUT2D eigenvalue weighted by molar-refractivity contribution is -0.145. The summed E-state index contributed by atoms with van der Waals surface area (Å²) in [6.45, 7) is 5.29. The zero-order valence-electron chi connectivity index (χ0n) is 14.1. The van der Waals surface area contributed by atoms with E-state index in [4.69, 9.17) is 0 Å². The maximum Gasteiger partial charge on any atom is 0.309 e. The molecule has 0 unspecified atom stereocenters. The van der Waals surface area contributed by atoms with Gasteiger partial charge in [0.15, 0.2) is 5.16 Å². The van der Waals surface area contributed by atoms with Crippen LogP contribution in [0.15, 0.2) is 40.3 Å². The number of hydrogen-bond donors (Lipinski definition) is 2. The van der Waals surface area contributed by atoms with E-state index in [1.54, 1.807) is 13.8 Å². The van der Waals surface area contributed by atoms with Crippen LogP contribution in [0.3, 0.4) is 0 Å². The molecule has 25 heavy (non-hydrogen) atoms. The smallest absolute Gasteiger partial charge is 0.309 e. The molecule has 0 aliphatic rings. The monoisotopic (exact) mass is 374 g/mol. The number of thiophene rings is 1. The molecule has 0 bridgehead atoms. The van der Waals surface area contributed by atoms with Crippen LogP contribution in [-0.4, -0.2) is 26.8 Å². The fraction of sp³-hybridized carbons (Fsp3) is 0.278. The van der Waals surface area contributed by atoms with Gasteiger partial charge in [0.05, 0.1) is 10.8 Å². The Morgan fingerprint density at radius 1 is 1.32 bits per heavy atom. The molecule has 0 saturated carbocycles. The van der Waals surface area contributed by atoms with Crippen molar-refractivity contribution in [3.63, 3.8) is 0 Å².